The van der Waals surface area contributed by atoms with Crippen molar-refractivity contribution in [3.05, 3.63) is 22.5 Å². The van der Waals surface area contributed by atoms with Gasteiger partial charge in [-0.15, -0.1) is 0 Å². The molecule has 5 heteroatoms. The summed E-state index contributed by atoms with van der Waals surface area (Å²) in [4.78, 5) is 27.7. The summed E-state index contributed by atoms with van der Waals surface area (Å²) in [5.41, 5.74) is 2.34. The molecular weight excluding hydrogens is 292 g/mol. The van der Waals surface area contributed by atoms with E-state index in [1.165, 1.54) is 32.8 Å². The van der Waals surface area contributed by atoms with E-state index in [4.69, 9.17) is 4.74 Å². The molecule has 0 saturated heterocycles. The van der Waals surface area contributed by atoms with E-state index in [2.05, 4.69) is 10.3 Å². The largest absolute Gasteiger partial charge is 0.465 e. The number of Topliss-reactive ketones (excluding diaryl/α,β-unsaturated/α-hetero) is 1. The van der Waals surface area contributed by atoms with E-state index >= 15 is 0 Å². The molecule has 0 aromatic carbocycles. The third-order valence-corrected chi connectivity index (χ3v) is 4.81. The van der Waals surface area contributed by atoms with Gasteiger partial charge in [-0.05, 0) is 39.2 Å². The molecule has 2 N–H and O–H groups in total. The Morgan fingerprint density at radius 2 is 1.78 bits per heavy atom. The fraction of sp³-hybridized carbons (Fsp3) is 0.667. The first-order valence-corrected chi connectivity index (χ1v) is 8.53. The van der Waals surface area contributed by atoms with Gasteiger partial charge in [-0.1, -0.05) is 25.7 Å². The van der Waals surface area contributed by atoms with Crippen molar-refractivity contribution in [2.75, 3.05) is 7.11 Å². The van der Waals surface area contributed by atoms with Gasteiger partial charge in [0.05, 0.1) is 24.4 Å². The summed E-state index contributed by atoms with van der Waals surface area (Å²) < 4.78 is 4.80. The number of aromatic amines is 1. The number of ether oxygens (including phenoxy) is 1. The maximum atomic E-state index is 12.8. The van der Waals surface area contributed by atoms with Gasteiger partial charge in [-0.2, -0.15) is 0 Å². The van der Waals surface area contributed by atoms with Crippen molar-refractivity contribution >= 4 is 11.8 Å². The number of nitrogens with one attached hydrogen (secondary N) is 2. The minimum atomic E-state index is -0.403. The van der Waals surface area contributed by atoms with Crippen LogP contribution < -0.4 is 5.32 Å². The van der Waals surface area contributed by atoms with Crippen LogP contribution in [0.2, 0.25) is 0 Å². The second-order valence-corrected chi connectivity index (χ2v) is 6.56. The molecule has 0 aliphatic heterocycles. The van der Waals surface area contributed by atoms with Crippen molar-refractivity contribution in [3.8, 4) is 0 Å². The highest BCUT2D eigenvalue weighted by Crippen LogP contribution is 2.21. The molecule has 1 aromatic rings. The topological polar surface area (TPSA) is 71.2 Å². The third-order valence-electron chi connectivity index (χ3n) is 4.81. The van der Waals surface area contributed by atoms with Gasteiger partial charge in [0.25, 0.3) is 0 Å². The minimum Gasteiger partial charge on any atom is -0.465 e. The van der Waals surface area contributed by atoms with Crippen LogP contribution in [0.4, 0.5) is 0 Å². The normalized spacial score (nSPS) is 17.6. The smallest absolute Gasteiger partial charge is 0.339 e. The highest BCUT2D eigenvalue weighted by molar-refractivity contribution is 6.03. The number of H-pyrrole nitrogens is 1. The predicted molar refractivity (Wildman–Crippen MR) is 90.0 cm³/mol. The van der Waals surface area contributed by atoms with Crippen LogP contribution in [0.15, 0.2) is 0 Å². The minimum absolute atomic E-state index is 0.00463. The summed E-state index contributed by atoms with van der Waals surface area (Å²) >= 11 is 0. The average molecular weight is 320 g/mol. The van der Waals surface area contributed by atoms with E-state index in [0.717, 1.165) is 12.8 Å². The fourth-order valence-electron chi connectivity index (χ4n) is 3.50. The quantitative estimate of drug-likeness (QED) is 0.496. The zero-order valence-electron chi connectivity index (χ0n) is 14.6. The maximum absolute atomic E-state index is 12.8. The number of hydrogen-bond donors (Lipinski definition) is 2. The average Bonchev–Trinajstić information content (AvgIpc) is 2.71. The summed E-state index contributed by atoms with van der Waals surface area (Å²) in [5, 5.41) is 3.47. The summed E-state index contributed by atoms with van der Waals surface area (Å²) in [6.07, 6.45) is 7.30. The third kappa shape index (κ3) is 4.02. The first kappa shape index (κ1) is 17.7. The molecule has 0 radical (unpaired) electrons. The van der Waals surface area contributed by atoms with E-state index in [0.29, 0.717) is 28.6 Å². The van der Waals surface area contributed by atoms with E-state index in [1.54, 1.807) is 13.8 Å². The molecule has 0 unspecified atom stereocenters. The molecule has 1 aliphatic rings. The number of hydrogen-bond acceptors (Lipinski definition) is 4. The van der Waals surface area contributed by atoms with Crippen molar-refractivity contribution in [3.63, 3.8) is 0 Å². The Kier molecular flexibility index (Phi) is 5.99. The Morgan fingerprint density at radius 3 is 2.35 bits per heavy atom. The van der Waals surface area contributed by atoms with Crippen molar-refractivity contribution in [2.45, 2.75) is 71.4 Å². The Hall–Kier alpha value is -1.62. The standard InChI is InChI=1S/C18H28N2O3/c1-11-15(18(22)23-4)12(2)20-16(11)17(21)13(3)19-14-9-7-5-6-8-10-14/h13-14,19-20H,5-10H2,1-4H3/t13-/m0/s1. The highest BCUT2D eigenvalue weighted by Gasteiger charge is 2.26. The number of aryl methyl sites for hydroxylation is 1. The molecule has 1 saturated carbocycles. The number of carbonyl (C=O) groups excluding carboxylic acids is 2. The van der Waals surface area contributed by atoms with Crippen LogP contribution in [0.25, 0.3) is 0 Å². The van der Waals surface area contributed by atoms with E-state index in [-0.39, 0.29) is 11.8 Å². The Bertz CT molecular complexity index is 569. The van der Waals surface area contributed by atoms with Gasteiger partial charge >= 0.3 is 5.97 Å². The molecule has 1 atom stereocenters. The molecule has 5 nitrogen and oxygen atoms in total. The number of esters is 1. The molecule has 0 spiro atoms. The van der Waals surface area contributed by atoms with Gasteiger partial charge < -0.3 is 15.0 Å². The van der Waals surface area contributed by atoms with Crippen molar-refractivity contribution < 1.29 is 14.3 Å². The van der Waals surface area contributed by atoms with Crippen LogP contribution in [0.3, 0.4) is 0 Å². The fourth-order valence-corrected chi connectivity index (χ4v) is 3.50. The highest BCUT2D eigenvalue weighted by atomic mass is 16.5. The van der Waals surface area contributed by atoms with Gasteiger partial charge in [0, 0.05) is 11.7 Å². The van der Waals surface area contributed by atoms with Crippen molar-refractivity contribution in [2.24, 2.45) is 0 Å². The zero-order valence-corrected chi connectivity index (χ0v) is 14.6. The van der Waals surface area contributed by atoms with Gasteiger partial charge in [0.15, 0.2) is 5.78 Å². The van der Waals surface area contributed by atoms with Gasteiger partial charge in [-0.3, -0.25) is 4.79 Å². The molecule has 1 aliphatic carbocycles. The second-order valence-electron chi connectivity index (χ2n) is 6.56. The van der Waals surface area contributed by atoms with Crippen molar-refractivity contribution in [1.82, 2.24) is 10.3 Å². The summed E-state index contributed by atoms with van der Waals surface area (Å²) in [5.74, 6) is -0.398. The lowest BCUT2D eigenvalue weighted by Crippen LogP contribution is -2.41. The van der Waals surface area contributed by atoms with E-state index in [9.17, 15) is 9.59 Å². The SMILES string of the molecule is COC(=O)c1c(C)[nH]c(C(=O)[C@H](C)NC2CCCCCC2)c1C. The summed E-state index contributed by atoms with van der Waals surface area (Å²) in [6, 6.07) is 0.147. The van der Waals surface area contributed by atoms with Crippen LogP contribution >= 0.6 is 0 Å². The first-order chi connectivity index (χ1) is 11.0. The lowest BCUT2D eigenvalue weighted by molar-refractivity contribution is 0.0599. The van der Waals surface area contributed by atoms with Crippen LogP contribution in [0.1, 0.15) is 77.6 Å². The number of aromatic nitrogens is 1. The van der Waals surface area contributed by atoms with Gasteiger partial charge in [-0.25, -0.2) is 4.79 Å². The van der Waals surface area contributed by atoms with Gasteiger partial charge in [0.1, 0.15) is 0 Å². The monoisotopic (exact) mass is 320 g/mol. The molecule has 0 amide bonds. The maximum Gasteiger partial charge on any atom is 0.339 e. The predicted octanol–water partition coefficient (Wildman–Crippen LogP) is 3.30. The van der Waals surface area contributed by atoms with Crippen LogP contribution in [0.5, 0.6) is 0 Å². The van der Waals surface area contributed by atoms with Crippen LogP contribution in [0, 0.1) is 13.8 Å². The lowest BCUT2D eigenvalue weighted by atomic mass is 10.0. The molecule has 23 heavy (non-hydrogen) atoms. The number of methoxy groups -OCH3 is 1. The first-order valence-electron chi connectivity index (χ1n) is 8.53. The van der Waals surface area contributed by atoms with E-state index < -0.39 is 5.97 Å². The molecule has 1 heterocycles. The Balaban J connectivity index is 2.11. The molecular formula is C18H28N2O3. The molecule has 1 aromatic heterocycles. The number of ketones is 1. The number of rotatable bonds is 5. The Labute approximate surface area is 138 Å². The van der Waals surface area contributed by atoms with Crippen LogP contribution in [-0.4, -0.2) is 35.9 Å². The van der Waals surface area contributed by atoms with Crippen molar-refractivity contribution in [1.29, 1.82) is 0 Å². The van der Waals surface area contributed by atoms with Crippen LogP contribution in [-0.2, 0) is 4.74 Å². The molecule has 0 bridgehead atoms. The zero-order chi connectivity index (χ0) is 17.0. The molecule has 1 fully saturated rings. The number of carbonyl (C=O) groups is 2. The van der Waals surface area contributed by atoms with E-state index in [1.807, 2.05) is 6.92 Å². The molecule has 128 valence electrons. The van der Waals surface area contributed by atoms with Gasteiger partial charge in [0.2, 0.25) is 0 Å². The molecule has 2 rings (SSSR count). The lowest BCUT2D eigenvalue weighted by Gasteiger charge is -2.21. The second kappa shape index (κ2) is 7.77. The summed E-state index contributed by atoms with van der Waals surface area (Å²) in [6.45, 7) is 5.49. The summed E-state index contributed by atoms with van der Waals surface area (Å²) in [7, 11) is 1.35. The Morgan fingerprint density at radius 1 is 1.17 bits per heavy atom.